The number of aliphatic hydroxyl groups is 1. The molecule has 1 N–H and O–H groups in total. The quantitative estimate of drug-likeness (QED) is 0.854. The van der Waals surface area contributed by atoms with Gasteiger partial charge in [0.2, 0.25) is 0 Å². The van der Waals surface area contributed by atoms with E-state index in [2.05, 4.69) is 18.8 Å². The number of nitrogens with zero attached hydrogens (tertiary/aromatic N) is 1. The van der Waals surface area contributed by atoms with Gasteiger partial charge in [0.15, 0.2) is 0 Å². The Morgan fingerprint density at radius 1 is 1.52 bits per heavy atom. The third kappa shape index (κ3) is 4.00. The summed E-state index contributed by atoms with van der Waals surface area (Å²) >= 11 is 6.15. The molecule has 1 saturated heterocycles. The molecule has 1 aromatic carbocycles. The highest BCUT2D eigenvalue weighted by atomic mass is 35.5. The molecule has 1 unspecified atom stereocenters. The van der Waals surface area contributed by atoms with Crippen LogP contribution in [0.2, 0.25) is 5.02 Å². The van der Waals surface area contributed by atoms with Gasteiger partial charge in [0, 0.05) is 24.2 Å². The van der Waals surface area contributed by atoms with Crippen molar-refractivity contribution in [2.45, 2.75) is 26.2 Å². The second kappa shape index (κ2) is 7.49. The van der Waals surface area contributed by atoms with Gasteiger partial charge in [-0.15, -0.1) is 0 Å². The standard InChI is InChI=1S/C17H20ClNO2/c1-2-13-5-3-9-19(12-13)17(21)15-8-7-14(6-4-10-20)16(18)11-15/h7-8,11,13,20H,2-3,5,9-10,12H2,1H3. The van der Waals surface area contributed by atoms with Crippen LogP contribution in [0.4, 0.5) is 0 Å². The van der Waals surface area contributed by atoms with E-state index in [0.717, 1.165) is 25.9 Å². The van der Waals surface area contributed by atoms with Crippen LogP contribution in [0.5, 0.6) is 0 Å². The number of piperidine rings is 1. The molecule has 4 heteroatoms. The SMILES string of the molecule is CCC1CCCN(C(=O)c2ccc(C#CCO)c(Cl)c2)C1. The lowest BCUT2D eigenvalue weighted by atomic mass is 9.95. The van der Waals surface area contributed by atoms with Crippen LogP contribution in [0.1, 0.15) is 42.1 Å². The number of hydrogen-bond acceptors (Lipinski definition) is 2. The summed E-state index contributed by atoms with van der Waals surface area (Å²) < 4.78 is 0. The minimum Gasteiger partial charge on any atom is -0.384 e. The molecule has 0 spiro atoms. The molecule has 1 aliphatic rings. The van der Waals surface area contributed by atoms with Crippen molar-refractivity contribution in [2.75, 3.05) is 19.7 Å². The Labute approximate surface area is 130 Å². The van der Waals surface area contributed by atoms with Crippen LogP contribution in [0.15, 0.2) is 18.2 Å². The Morgan fingerprint density at radius 3 is 3.00 bits per heavy atom. The number of hydrogen-bond donors (Lipinski definition) is 1. The maximum absolute atomic E-state index is 12.5. The number of likely N-dealkylation sites (tertiary alicyclic amines) is 1. The van der Waals surface area contributed by atoms with Gasteiger partial charge in [-0.3, -0.25) is 4.79 Å². The Kier molecular flexibility index (Phi) is 5.67. The normalized spacial score (nSPS) is 18.0. The average Bonchev–Trinajstić information content (AvgIpc) is 2.53. The van der Waals surface area contributed by atoms with Crippen LogP contribution in [-0.4, -0.2) is 35.6 Å². The van der Waals surface area contributed by atoms with Crippen LogP contribution < -0.4 is 0 Å². The maximum atomic E-state index is 12.5. The van der Waals surface area contributed by atoms with Crippen molar-refractivity contribution in [3.8, 4) is 11.8 Å². The summed E-state index contributed by atoms with van der Waals surface area (Å²) in [6, 6.07) is 5.16. The minimum atomic E-state index is -0.205. The van der Waals surface area contributed by atoms with Gasteiger partial charge < -0.3 is 10.0 Å². The molecule has 0 saturated carbocycles. The maximum Gasteiger partial charge on any atom is 0.253 e. The first-order valence-electron chi connectivity index (χ1n) is 7.34. The molecule has 1 fully saturated rings. The molecule has 1 heterocycles. The van der Waals surface area contributed by atoms with Crippen LogP contribution >= 0.6 is 11.6 Å². The topological polar surface area (TPSA) is 40.5 Å². The summed E-state index contributed by atoms with van der Waals surface area (Å²) in [5, 5.41) is 9.15. The molecule has 0 bridgehead atoms. The molecule has 1 aliphatic heterocycles. The van der Waals surface area contributed by atoms with Crippen molar-refractivity contribution in [3.63, 3.8) is 0 Å². The molecular weight excluding hydrogens is 286 g/mol. The van der Waals surface area contributed by atoms with Gasteiger partial charge in [-0.25, -0.2) is 0 Å². The van der Waals surface area contributed by atoms with E-state index in [9.17, 15) is 4.79 Å². The molecule has 1 atom stereocenters. The molecule has 1 aromatic rings. The monoisotopic (exact) mass is 305 g/mol. The van der Waals surface area contributed by atoms with Crippen LogP contribution in [0, 0.1) is 17.8 Å². The van der Waals surface area contributed by atoms with E-state index in [1.165, 1.54) is 6.42 Å². The molecule has 0 radical (unpaired) electrons. The summed E-state index contributed by atoms with van der Waals surface area (Å²) in [5.41, 5.74) is 1.23. The number of amides is 1. The summed E-state index contributed by atoms with van der Waals surface area (Å²) in [5.74, 6) is 5.97. The summed E-state index contributed by atoms with van der Waals surface area (Å²) in [6.07, 6.45) is 3.38. The van der Waals surface area contributed by atoms with Crippen LogP contribution in [0.25, 0.3) is 0 Å². The molecule has 0 aromatic heterocycles. The van der Waals surface area contributed by atoms with E-state index in [4.69, 9.17) is 16.7 Å². The third-order valence-corrected chi connectivity index (χ3v) is 4.21. The first kappa shape index (κ1) is 15.9. The number of halogens is 1. The predicted octanol–water partition coefficient (Wildman–Crippen LogP) is 2.95. The van der Waals surface area contributed by atoms with Gasteiger partial charge in [-0.05, 0) is 37.0 Å². The van der Waals surface area contributed by atoms with Gasteiger partial charge in [0.25, 0.3) is 5.91 Å². The van der Waals surface area contributed by atoms with Gasteiger partial charge in [-0.1, -0.05) is 36.8 Å². The Morgan fingerprint density at radius 2 is 2.33 bits per heavy atom. The fourth-order valence-electron chi connectivity index (χ4n) is 2.65. The summed E-state index contributed by atoms with van der Waals surface area (Å²) in [7, 11) is 0. The molecule has 3 nitrogen and oxygen atoms in total. The zero-order chi connectivity index (χ0) is 15.2. The molecule has 2 rings (SSSR count). The number of rotatable bonds is 2. The fourth-order valence-corrected chi connectivity index (χ4v) is 2.88. The van der Waals surface area contributed by atoms with Crippen LogP contribution in [-0.2, 0) is 0 Å². The van der Waals surface area contributed by atoms with Crippen molar-refractivity contribution < 1.29 is 9.90 Å². The Balaban J connectivity index is 2.14. The Hall–Kier alpha value is -1.50. The molecule has 21 heavy (non-hydrogen) atoms. The van der Waals surface area contributed by atoms with Crippen molar-refractivity contribution >= 4 is 17.5 Å². The lowest BCUT2D eigenvalue weighted by molar-refractivity contribution is 0.0671. The largest absolute Gasteiger partial charge is 0.384 e. The third-order valence-electron chi connectivity index (χ3n) is 3.90. The fraction of sp³-hybridized carbons (Fsp3) is 0.471. The van der Waals surface area contributed by atoms with E-state index < -0.39 is 0 Å². The van der Waals surface area contributed by atoms with Gasteiger partial charge in [-0.2, -0.15) is 0 Å². The number of carbonyl (C=O) groups excluding carboxylic acids is 1. The van der Waals surface area contributed by atoms with Crippen molar-refractivity contribution in [2.24, 2.45) is 5.92 Å². The second-order valence-corrected chi connectivity index (χ2v) is 5.73. The Bertz CT molecular complexity index is 574. The zero-order valence-electron chi connectivity index (χ0n) is 12.2. The number of aliphatic hydroxyl groups excluding tert-OH is 1. The minimum absolute atomic E-state index is 0.0386. The molecule has 0 aliphatic carbocycles. The van der Waals surface area contributed by atoms with E-state index in [1.807, 2.05) is 4.90 Å². The van der Waals surface area contributed by atoms with E-state index in [1.54, 1.807) is 18.2 Å². The summed E-state index contributed by atoms with van der Waals surface area (Å²) in [6.45, 7) is 3.62. The molecule has 1 amide bonds. The lowest BCUT2D eigenvalue weighted by Crippen LogP contribution is -2.39. The lowest BCUT2D eigenvalue weighted by Gasteiger charge is -2.32. The van der Waals surface area contributed by atoms with E-state index in [0.29, 0.717) is 22.1 Å². The van der Waals surface area contributed by atoms with E-state index in [-0.39, 0.29) is 12.5 Å². The number of benzene rings is 1. The smallest absolute Gasteiger partial charge is 0.253 e. The van der Waals surface area contributed by atoms with Gasteiger partial charge in [0.1, 0.15) is 6.61 Å². The zero-order valence-corrected chi connectivity index (χ0v) is 13.0. The molecular formula is C17H20ClNO2. The predicted molar refractivity (Wildman–Crippen MR) is 84.3 cm³/mol. The van der Waals surface area contributed by atoms with Crippen molar-refractivity contribution in [3.05, 3.63) is 34.3 Å². The first-order valence-corrected chi connectivity index (χ1v) is 7.72. The average molecular weight is 306 g/mol. The van der Waals surface area contributed by atoms with Gasteiger partial charge in [0.05, 0.1) is 5.02 Å². The highest BCUT2D eigenvalue weighted by Gasteiger charge is 2.23. The second-order valence-electron chi connectivity index (χ2n) is 5.32. The van der Waals surface area contributed by atoms with E-state index >= 15 is 0 Å². The van der Waals surface area contributed by atoms with Crippen LogP contribution in [0.3, 0.4) is 0 Å². The van der Waals surface area contributed by atoms with Crippen molar-refractivity contribution in [1.82, 2.24) is 4.90 Å². The first-order chi connectivity index (χ1) is 10.2. The van der Waals surface area contributed by atoms with Crippen molar-refractivity contribution in [1.29, 1.82) is 0 Å². The summed E-state index contributed by atoms with van der Waals surface area (Å²) in [4.78, 5) is 14.4. The number of carbonyl (C=O) groups is 1. The highest BCUT2D eigenvalue weighted by Crippen LogP contribution is 2.23. The highest BCUT2D eigenvalue weighted by molar-refractivity contribution is 6.32. The molecule has 112 valence electrons. The van der Waals surface area contributed by atoms with Gasteiger partial charge >= 0.3 is 0 Å².